The Bertz CT molecular complexity index is 1670. The number of aromatic nitrogens is 3. The summed E-state index contributed by atoms with van der Waals surface area (Å²) in [5.74, 6) is 0. The fourth-order valence-corrected chi connectivity index (χ4v) is 7.62. The molecule has 2 aliphatic heterocycles. The van der Waals surface area contributed by atoms with Gasteiger partial charge in [-0.3, -0.25) is 8.87 Å². The van der Waals surface area contributed by atoms with E-state index in [2.05, 4.69) is 126 Å². The average molecular weight is 674 g/mol. The van der Waals surface area contributed by atoms with Crippen LogP contribution in [0.25, 0.3) is 33.5 Å². The van der Waals surface area contributed by atoms with Crippen LogP contribution in [0.2, 0.25) is 0 Å². The first kappa shape index (κ1) is 26.9. The van der Waals surface area contributed by atoms with Crippen LogP contribution in [0.1, 0.15) is 22.3 Å². The van der Waals surface area contributed by atoms with Crippen molar-refractivity contribution in [3.63, 3.8) is 0 Å². The van der Waals surface area contributed by atoms with Crippen molar-refractivity contribution in [1.82, 2.24) is 29.2 Å². The van der Waals surface area contributed by atoms with Crippen LogP contribution in [0.4, 0.5) is 5.69 Å². The SMILES string of the molecule is Cc1c(NN2Cc3ccccc3C2)cccc1-c1ncnc2c1cc(-c1ccc(CN3CCNCC3)cc1)n2SI. The Balaban J connectivity index is 1.19. The van der Waals surface area contributed by atoms with Crippen molar-refractivity contribution in [2.24, 2.45) is 0 Å². The second-order valence-electron chi connectivity index (χ2n) is 10.8. The molecule has 2 N–H and O–H groups in total. The number of nitrogens with one attached hydrogen (secondary N) is 2. The molecule has 0 spiro atoms. The first-order chi connectivity index (χ1) is 20.2. The molecule has 9 heteroatoms. The van der Waals surface area contributed by atoms with Crippen LogP contribution in [-0.2, 0) is 19.6 Å². The van der Waals surface area contributed by atoms with Crippen LogP contribution < -0.4 is 10.7 Å². The number of nitrogens with zero attached hydrogens (tertiary/aromatic N) is 5. The fourth-order valence-electron chi connectivity index (χ4n) is 5.98. The number of halogens is 1. The largest absolute Gasteiger partial charge is 0.318 e. The van der Waals surface area contributed by atoms with E-state index in [1.807, 2.05) is 0 Å². The Kier molecular flexibility index (Phi) is 7.70. The molecule has 208 valence electrons. The summed E-state index contributed by atoms with van der Waals surface area (Å²) in [5.41, 5.74) is 15.4. The minimum Gasteiger partial charge on any atom is -0.318 e. The van der Waals surface area contributed by atoms with Crippen LogP contribution in [0, 0.1) is 6.92 Å². The highest BCUT2D eigenvalue weighted by atomic mass is 127. The normalized spacial score (nSPS) is 15.9. The molecule has 1 saturated heterocycles. The Labute approximate surface area is 257 Å². The van der Waals surface area contributed by atoms with Gasteiger partial charge in [-0.05, 0) is 46.9 Å². The monoisotopic (exact) mass is 673 g/mol. The van der Waals surface area contributed by atoms with E-state index in [1.54, 1.807) is 15.4 Å². The van der Waals surface area contributed by atoms with Gasteiger partial charge in [0.2, 0.25) is 0 Å². The second kappa shape index (κ2) is 11.7. The van der Waals surface area contributed by atoms with Crippen LogP contribution >= 0.6 is 30.3 Å². The fraction of sp³-hybridized carbons (Fsp3) is 0.250. The van der Waals surface area contributed by atoms with Gasteiger partial charge in [-0.1, -0.05) is 60.7 Å². The van der Waals surface area contributed by atoms with E-state index in [0.29, 0.717) is 0 Å². The van der Waals surface area contributed by atoms with Gasteiger partial charge in [-0.25, -0.2) is 15.0 Å². The molecule has 5 aromatic rings. The third-order valence-corrected chi connectivity index (χ3v) is 9.89. The molecule has 0 saturated carbocycles. The molecule has 0 atom stereocenters. The predicted octanol–water partition coefficient (Wildman–Crippen LogP) is 6.67. The summed E-state index contributed by atoms with van der Waals surface area (Å²) in [6.07, 6.45) is 1.69. The molecule has 3 aromatic carbocycles. The number of hydrogen-bond acceptors (Lipinski definition) is 7. The average Bonchev–Trinajstić information content (AvgIpc) is 3.60. The maximum Gasteiger partial charge on any atom is 0.155 e. The lowest BCUT2D eigenvalue weighted by molar-refractivity contribution is 0.233. The van der Waals surface area contributed by atoms with Gasteiger partial charge in [-0.15, -0.1) is 0 Å². The molecule has 0 bridgehead atoms. The van der Waals surface area contributed by atoms with Crippen molar-refractivity contribution < 1.29 is 0 Å². The van der Waals surface area contributed by atoms with Crippen LogP contribution in [0.5, 0.6) is 0 Å². The lowest BCUT2D eigenvalue weighted by Crippen LogP contribution is -2.42. The summed E-state index contributed by atoms with van der Waals surface area (Å²) >= 11 is 2.35. The van der Waals surface area contributed by atoms with Gasteiger partial charge in [-0.2, -0.15) is 0 Å². The number of anilines is 1. The zero-order chi connectivity index (χ0) is 27.8. The lowest BCUT2D eigenvalue weighted by Gasteiger charge is -2.27. The van der Waals surface area contributed by atoms with Crippen molar-refractivity contribution in [3.05, 3.63) is 101 Å². The van der Waals surface area contributed by atoms with Gasteiger partial charge in [0.05, 0.1) is 17.1 Å². The molecule has 41 heavy (non-hydrogen) atoms. The standard InChI is InChI=1S/C32H32IN7S/c1-22-27(7-4-8-29(22)37-39-19-25-5-2-3-6-26(25)20-39)31-28-17-30(40(41-33)32(28)36-21-35-31)24-11-9-23(10-12-24)18-38-15-13-34-14-16-38/h2-12,17,21,34,37H,13-16,18-20H2,1H3. The molecule has 1 fully saturated rings. The van der Waals surface area contributed by atoms with E-state index in [0.717, 1.165) is 79.5 Å². The summed E-state index contributed by atoms with van der Waals surface area (Å²) in [6.45, 7) is 9.30. The number of benzene rings is 3. The van der Waals surface area contributed by atoms with Crippen molar-refractivity contribution >= 4 is 47.0 Å². The molecule has 7 rings (SSSR count). The number of hydrazine groups is 1. The van der Waals surface area contributed by atoms with Gasteiger partial charge in [0.1, 0.15) is 6.33 Å². The molecular formula is C32H32IN7S. The number of hydrogen-bond donors (Lipinski definition) is 2. The Hall–Kier alpha value is -2.96. The van der Waals surface area contributed by atoms with Gasteiger partial charge in [0.25, 0.3) is 0 Å². The number of rotatable bonds is 7. The van der Waals surface area contributed by atoms with E-state index >= 15 is 0 Å². The summed E-state index contributed by atoms with van der Waals surface area (Å²) in [7, 11) is 1.65. The Morgan fingerprint density at radius 2 is 1.68 bits per heavy atom. The highest BCUT2D eigenvalue weighted by Crippen LogP contribution is 2.39. The summed E-state index contributed by atoms with van der Waals surface area (Å²) < 4.78 is 2.21. The van der Waals surface area contributed by atoms with Crippen molar-refractivity contribution in [2.75, 3.05) is 31.6 Å². The first-order valence-electron chi connectivity index (χ1n) is 14.0. The van der Waals surface area contributed by atoms with Crippen LogP contribution in [-0.4, -0.2) is 50.0 Å². The first-order valence-corrected chi connectivity index (χ1v) is 17.4. The highest BCUT2D eigenvalue weighted by molar-refractivity contribution is 14.2. The topological polar surface area (TPSA) is 61.2 Å². The summed E-state index contributed by atoms with van der Waals surface area (Å²) in [5, 5.41) is 6.77. The lowest BCUT2D eigenvalue weighted by atomic mass is 10.0. The Morgan fingerprint density at radius 3 is 2.41 bits per heavy atom. The van der Waals surface area contributed by atoms with Crippen molar-refractivity contribution in [3.8, 4) is 22.5 Å². The molecule has 7 nitrogen and oxygen atoms in total. The van der Waals surface area contributed by atoms with Gasteiger partial charge >= 0.3 is 0 Å². The Morgan fingerprint density at radius 1 is 0.927 bits per heavy atom. The number of piperazine rings is 1. The van der Waals surface area contributed by atoms with Crippen molar-refractivity contribution in [2.45, 2.75) is 26.6 Å². The molecule has 2 aromatic heterocycles. The van der Waals surface area contributed by atoms with Crippen LogP contribution in [0.15, 0.2) is 79.1 Å². The maximum absolute atomic E-state index is 4.82. The maximum atomic E-state index is 4.82. The summed E-state index contributed by atoms with van der Waals surface area (Å²) in [6, 6.07) is 26.4. The molecule has 0 amide bonds. The molecule has 4 heterocycles. The quantitative estimate of drug-likeness (QED) is 0.187. The van der Waals surface area contributed by atoms with Gasteiger partial charge < -0.3 is 10.7 Å². The third-order valence-electron chi connectivity index (χ3n) is 8.20. The van der Waals surface area contributed by atoms with E-state index in [-0.39, 0.29) is 0 Å². The van der Waals surface area contributed by atoms with Crippen molar-refractivity contribution in [1.29, 1.82) is 0 Å². The second-order valence-corrected chi connectivity index (χ2v) is 12.5. The third kappa shape index (κ3) is 5.37. The van der Waals surface area contributed by atoms with Gasteiger partial charge in [0.15, 0.2) is 5.65 Å². The molecule has 0 radical (unpaired) electrons. The zero-order valence-electron chi connectivity index (χ0n) is 23.0. The highest BCUT2D eigenvalue weighted by Gasteiger charge is 2.21. The molecule has 0 unspecified atom stereocenters. The minimum atomic E-state index is 0.894. The minimum absolute atomic E-state index is 0.894. The smallest absolute Gasteiger partial charge is 0.155 e. The molecule has 0 aliphatic carbocycles. The number of fused-ring (bicyclic) bond motifs is 2. The summed E-state index contributed by atoms with van der Waals surface area (Å²) in [4.78, 5) is 12.1. The van der Waals surface area contributed by atoms with E-state index in [9.17, 15) is 0 Å². The predicted molar refractivity (Wildman–Crippen MR) is 178 cm³/mol. The van der Waals surface area contributed by atoms with E-state index in [4.69, 9.17) is 9.97 Å². The molecule has 2 aliphatic rings. The molecular weight excluding hydrogens is 641 g/mol. The van der Waals surface area contributed by atoms with E-state index < -0.39 is 0 Å². The van der Waals surface area contributed by atoms with Crippen LogP contribution in [0.3, 0.4) is 0 Å². The van der Waals surface area contributed by atoms with E-state index in [1.165, 1.54) is 27.8 Å². The van der Waals surface area contributed by atoms with Gasteiger partial charge in [0, 0.05) is 87.1 Å². The zero-order valence-corrected chi connectivity index (χ0v) is 26.0.